The SMILES string of the molecule is CC[C@@H]1CN(/C=N/C#N)C[C@H]1O. The van der Waals surface area contributed by atoms with Crippen LogP contribution in [0.5, 0.6) is 0 Å². The first-order chi connectivity index (χ1) is 5.77. The van der Waals surface area contributed by atoms with E-state index in [0.29, 0.717) is 12.5 Å². The smallest absolute Gasteiger partial charge is 0.207 e. The molecule has 0 unspecified atom stereocenters. The van der Waals surface area contributed by atoms with E-state index in [0.717, 1.165) is 13.0 Å². The van der Waals surface area contributed by atoms with E-state index < -0.39 is 0 Å². The van der Waals surface area contributed by atoms with Gasteiger partial charge in [-0.3, -0.25) is 0 Å². The Balaban J connectivity index is 2.44. The summed E-state index contributed by atoms with van der Waals surface area (Å²) in [4.78, 5) is 5.33. The first-order valence-electron chi connectivity index (χ1n) is 4.12. The molecule has 1 rings (SSSR count). The Morgan fingerprint density at radius 3 is 3.00 bits per heavy atom. The maximum absolute atomic E-state index is 9.47. The molecular weight excluding hydrogens is 154 g/mol. The van der Waals surface area contributed by atoms with E-state index in [-0.39, 0.29) is 6.10 Å². The van der Waals surface area contributed by atoms with Crippen molar-refractivity contribution in [1.29, 1.82) is 5.26 Å². The highest BCUT2D eigenvalue weighted by Crippen LogP contribution is 2.18. The summed E-state index contributed by atoms with van der Waals surface area (Å²) in [7, 11) is 0. The zero-order valence-corrected chi connectivity index (χ0v) is 7.14. The predicted molar refractivity (Wildman–Crippen MR) is 45.5 cm³/mol. The van der Waals surface area contributed by atoms with Crippen LogP contribution in [0, 0.1) is 17.4 Å². The Labute approximate surface area is 72.1 Å². The fraction of sp³-hybridized carbons (Fsp3) is 0.750. The standard InChI is InChI=1S/C8H13N3O/c1-2-7-3-11(4-8(7)12)6-10-5-9/h6-8,12H,2-4H2,1H3/b10-6+/t7-,8-/m1/s1. The van der Waals surface area contributed by atoms with Gasteiger partial charge in [0.2, 0.25) is 6.19 Å². The van der Waals surface area contributed by atoms with Crippen LogP contribution in [0.4, 0.5) is 0 Å². The Morgan fingerprint density at radius 2 is 2.50 bits per heavy atom. The number of aliphatic hydroxyl groups excluding tert-OH is 1. The summed E-state index contributed by atoms with van der Waals surface area (Å²) in [6, 6.07) is 0. The van der Waals surface area contributed by atoms with E-state index in [1.807, 2.05) is 4.90 Å². The topological polar surface area (TPSA) is 59.6 Å². The number of β-amino-alcohol motifs (C(OH)–C–C–N with tert-alkyl or cyclic N) is 1. The van der Waals surface area contributed by atoms with E-state index in [4.69, 9.17) is 5.26 Å². The third-order valence-electron chi connectivity index (χ3n) is 2.24. The first-order valence-corrected chi connectivity index (χ1v) is 4.12. The van der Waals surface area contributed by atoms with Gasteiger partial charge in [-0.25, -0.2) is 0 Å². The van der Waals surface area contributed by atoms with E-state index >= 15 is 0 Å². The maximum Gasteiger partial charge on any atom is 0.207 e. The molecule has 1 heterocycles. The van der Waals surface area contributed by atoms with Crippen LogP contribution in [-0.2, 0) is 0 Å². The fourth-order valence-corrected chi connectivity index (χ4v) is 1.49. The van der Waals surface area contributed by atoms with E-state index in [1.54, 1.807) is 6.19 Å². The Kier molecular flexibility index (Phi) is 3.06. The first kappa shape index (κ1) is 9.01. The molecule has 0 aromatic carbocycles. The van der Waals surface area contributed by atoms with Crippen molar-refractivity contribution >= 4 is 6.34 Å². The average molecular weight is 167 g/mol. The third-order valence-corrected chi connectivity index (χ3v) is 2.24. The highest BCUT2D eigenvalue weighted by molar-refractivity contribution is 5.56. The molecule has 0 bridgehead atoms. The summed E-state index contributed by atoms with van der Waals surface area (Å²) < 4.78 is 0. The van der Waals surface area contributed by atoms with E-state index in [1.165, 1.54) is 6.34 Å². The van der Waals surface area contributed by atoms with Gasteiger partial charge in [0.15, 0.2) is 0 Å². The van der Waals surface area contributed by atoms with Gasteiger partial charge in [-0.15, -0.1) is 0 Å². The lowest BCUT2D eigenvalue weighted by Crippen LogP contribution is -2.19. The van der Waals surface area contributed by atoms with Crippen LogP contribution >= 0.6 is 0 Å². The maximum atomic E-state index is 9.47. The van der Waals surface area contributed by atoms with Gasteiger partial charge in [-0.05, 0) is 6.42 Å². The summed E-state index contributed by atoms with van der Waals surface area (Å²) in [5.41, 5.74) is 0. The molecule has 12 heavy (non-hydrogen) atoms. The lowest BCUT2D eigenvalue weighted by molar-refractivity contribution is 0.143. The van der Waals surface area contributed by atoms with Crippen molar-refractivity contribution in [3.8, 4) is 6.19 Å². The number of hydrogen-bond acceptors (Lipinski definition) is 3. The molecule has 2 atom stereocenters. The summed E-state index contributed by atoms with van der Waals surface area (Å²) in [6.45, 7) is 3.46. The third kappa shape index (κ3) is 1.95. The number of likely N-dealkylation sites (tertiary alicyclic amines) is 1. The molecular formula is C8H13N3O. The second-order valence-electron chi connectivity index (χ2n) is 3.03. The Bertz CT molecular complexity index is 209. The monoisotopic (exact) mass is 167 g/mol. The molecule has 1 fully saturated rings. The van der Waals surface area contributed by atoms with Gasteiger partial charge < -0.3 is 10.0 Å². The van der Waals surface area contributed by atoms with Gasteiger partial charge >= 0.3 is 0 Å². The molecule has 0 aliphatic carbocycles. The summed E-state index contributed by atoms with van der Waals surface area (Å²) >= 11 is 0. The number of nitrogens with zero attached hydrogens (tertiary/aromatic N) is 3. The average Bonchev–Trinajstić information content (AvgIpc) is 2.43. The molecule has 1 N–H and O–H groups in total. The highest BCUT2D eigenvalue weighted by atomic mass is 16.3. The highest BCUT2D eigenvalue weighted by Gasteiger charge is 2.28. The number of aliphatic hydroxyl groups is 1. The van der Waals surface area contributed by atoms with Crippen LogP contribution in [0.25, 0.3) is 0 Å². The molecule has 1 saturated heterocycles. The minimum absolute atomic E-state index is 0.264. The molecule has 1 aliphatic rings. The quantitative estimate of drug-likeness (QED) is 0.363. The molecule has 0 aromatic heterocycles. The molecule has 0 saturated carbocycles. The second kappa shape index (κ2) is 4.07. The van der Waals surface area contributed by atoms with Crippen LogP contribution in [-0.4, -0.2) is 35.5 Å². The van der Waals surface area contributed by atoms with Gasteiger partial charge in [0.25, 0.3) is 0 Å². The molecule has 66 valence electrons. The van der Waals surface area contributed by atoms with Crippen molar-refractivity contribution in [1.82, 2.24) is 4.90 Å². The number of aliphatic imine (C=N–C) groups is 1. The van der Waals surface area contributed by atoms with Crippen molar-refractivity contribution in [2.75, 3.05) is 13.1 Å². The zero-order chi connectivity index (χ0) is 8.97. The van der Waals surface area contributed by atoms with Crippen molar-refractivity contribution < 1.29 is 5.11 Å². The largest absolute Gasteiger partial charge is 0.391 e. The second-order valence-corrected chi connectivity index (χ2v) is 3.03. The van der Waals surface area contributed by atoms with Gasteiger partial charge in [-0.2, -0.15) is 10.3 Å². The van der Waals surface area contributed by atoms with Crippen LogP contribution < -0.4 is 0 Å². The molecule has 4 nitrogen and oxygen atoms in total. The van der Waals surface area contributed by atoms with Gasteiger partial charge in [-0.1, -0.05) is 6.92 Å². The number of nitriles is 1. The zero-order valence-electron chi connectivity index (χ0n) is 7.14. The molecule has 0 amide bonds. The molecule has 1 aliphatic heterocycles. The van der Waals surface area contributed by atoms with Crippen molar-refractivity contribution in [3.05, 3.63) is 0 Å². The molecule has 0 spiro atoms. The molecule has 0 radical (unpaired) electrons. The normalized spacial score (nSPS) is 29.6. The number of hydrogen-bond donors (Lipinski definition) is 1. The van der Waals surface area contributed by atoms with Crippen LogP contribution in [0.2, 0.25) is 0 Å². The van der Waals surface area contributed by atoms with Crippen molar-refractivity contribution in [2.24, 2.45) is 10.9 Å². The Morgan fingerprint density at radius 1 is 1.75 bits per heavy atom. The Hall–Kier alpha value is -1.08. The van der Waals surface area contributed by atoms with Gasteiger partial charge in [0, 0.05) is 19.0 Å². The fourth-order valence-electron chi connectivity index (χ4n) is 1.49. The van der Waals surface area contributed by atoms with Gasteiger partial charge in [0.1, 0.15) is 6.34 Å². The van der Waals surface area contributed by atoms with Crippen LogP contribution in [0.15, 0.2) is 4.99 Å². The number of rotatable bonds is 2. The lowest BCUT2D eigenvalue weighted by atomic mass is 10.0. The van der Waals surface area contributed by atoms with Gasteiger partial charge in [0.05, 0.1) is 6.10 Å². The van der Waals surface area contributed by atoms with Crippen LogP contribution in [0.3, 0.4) is 0 Å². The van der Waals surface area contributed by atoms with E-state index in [9.17, 15) is 5.11 Å². The van der Waals surface area contributed by atoms with Crippen molar-refractivity contribution in [2.45, 2.75) is 19.4 Å². The minimum Gasteiger partial charge on any atom is -0.391 e. The summed E-state index contributed by atoms with van der Waals surface area (Å²) in [6.07, 6.45) is 3.89. The minimum atomic E-state index is -0.264. The predicted octanol–water partition coefficient (Wildman–Crippen LogP) is 0.198. The van der Waals surface area contributed by atoms with E-state index in [2.05, 4.69) is 11.9 Å². The van der Waals surface area contributed by atoms with Crippen molar-refractivity contribution in [3.63, 3.8) is 0 Å². The molecule has 0 aromatic rings. The lowest BCUT2D eigenvalue weighted by Gasteiger charge is -2.08. The summed E-state index contributed by atoms with van der Waals surface area (Å²) in [5.74, 6) is 0.329. The molecule has 4 heteroatoms. The summed E-state index contributed by atoms with van der Waals surface area (Å²) in [5, 5.41) is 17.7. The van der Waals surface area contributed by atoms with Crippen LogP contribution in [0.1, 0.15) is 13.3 Å².